The molecule has 0 saturated heterocycles. The first kappa shape index (κ1) is 25.2. The van der Waals surface area contributed by atoms with Crippen molar-refractivity contribution in [1.82, 2.24) is 15.5 Å². The summed E-state index contributed by atoms with van der Waals surface area (Å²) in [5.41, 5.74) is 3.42. The highest BCUT2D eigenvalue weighted by atomic mass is 19.4. The Morgan fingerprint density at radius 2 is 1.82 bits per heavy atom. The van der Waals surface area contributed by atoms with Gasteiger partial charge >= 0.3 is 18.0 Å². The average Bonchev–Trinajstić information content (AvgIpc) is 3.31. The molecule has 0 aliphatic carbocycles. The molecular weight excluding hydrogens is 449 g/mol. The summed E-state index contributed by atoms with van der Waals surface area (Å²) in [5, 5.41) is 18.7. The van der Waals surface area contributed by atoms with E-state index < -0.39 is 18.0 Å². The average molecular weight is 476 g/mol. The van der Waals surface area contributed by atoms with Crippen molar-refractivity contribution >= 4 is 11.7 Å². The molecule has 0 unspecified atom stereocenters. The summed E-state index contributed by atoms with van der Waals surface area (Å²) in [6.07, 6.45) is -1.68. The van der Waals surface area contributed by atoms with Crippen molar-refractivity contribution < 1.29 is 27.6 Å². The number of nitrogens with zero attached hydrogens (tertiary/aromatic N) is 2. The van der Waals surface area contributed by atoms with Gasteiger partial charge in [0.1, 0.15) is 0 Å². The number of carboxylic acid groups (broad SMARTS) is 1. The van der Waals surface area contributed by atoms with Crippen molar-refractivity contribution in [1.29, 1.82) is 0 Å². The van der Waals surface area contributed by atoms with Gasteiger partial charge in [-0.05, 0) is 29.7 Å². The molecule has 0 radical (unpaired) electrons. The van der Waals surface area contributed by atoms with Crippen molar-refractivity contribution in [3.8, 4) is 11.4 Å². The minimum absolute atomic E-state index is 0.0181. The molecule has 3 rings (SSSR count). The van der Waals surface area contributed by atoms with E-state index in [1.807, 2.05) is 36.4 Å². The lowest BCUT2D eigenvalue weighted by molar-refractivity contribution is -0.159. The van der Waals surface area contributed by atoms with E-state index in [0.717, 1.165) is 36.1 Å². The van der Waals surface area contributed by atoms with E-state index >= 15 is 0 Å². The second kappa shape index (κ2) is 11.6. The second-order valence-electron chi connectivity index (χ2n) is 7.90. The Labute approximate surface area is 195 Å². The number of halogens is 3. The van der Waals surface area contributed by atoms with Gasteiger partial charge in [0.25, 0.3) is 0 Å². The van der Waals surface area contributed by atoms with Crippen LogP contribution >= 0.6 is 0 Å². The summed E-state index contributed by atoms with van der Waals surface area (Å²) in [4.78, 5) is 14.0. The molecule has 0 aliphatic heterocycles. The van der Waals surface area contributed by atoms with Crippen LogP contribution in [0, 0.1) is 0 Å². The fourth-order valence-corrected chi connectivity index (χ4v) is 3.40. The Kier molecular flexibility index (Phi) is 8.64. The van der Waals surface area contributed by atoms with Crippen LogP contribution in [0.15, 0.2) is 53.1 Å². The van der Waals surface area contributed by atoms with Crippen LogP contribution in [0.2, 0.25) is 0 Å². The van der Waals surface area contributed by atoms with Crippen molar-refractivity contribution in [2.45, 2.75) is 51.4 Å². The molecule has 0 fully saturated rings. The van der Waals surface area contributed by atoms with Gasteiger partial charge in [0.2, 0.25) is 5.82 Å². The highest BCUT2D eigenvalue weighted by Gasteiger charge is 2.38. The van der Waals surface area contributed by atoms with Crippen molar-refractivity contribution in [3.63, 3.8) is 0 Å². The molecule has 34 heavy (non-hydrogen) atoms. The van der Waals surface area contributed by atoms with Gasteiger partial charge < -0.3 is 20.3 Å². The number of aliphatic carboxylic acids is 1. The molecule has 0 saturated carbocycles. The van der Waals surface area contributed by atoms with Crippen LogP contribution in [-0.4, -0.2) is 27.8 Å². The Balaban J connectivity index is 1.66. The van der Waals surface area contributed by atoms with Crippen LogP contribution in [-0.2, 0) is 17.5 Å². The largest absolute Gasteiger partial charge is 0.481 e. The molecule has 0 aliphatic rings. The number of aromatic nitrogens is 2. The number of carboxylic acids is 1. The lowest BCUT2D eigenvalue weighted by atomic mass is 9.99. The Hall–Kier alpha value is -3.40. The standard InChI is InChI=1S/C24H27F3N4O3/c1-2-3-4-20(29-19-11-5-16(6-12-19)15-28-14-13-21(32)33)17-7-9-18(10-8-17)22-30-23(34-31-22)24(25,26)27/h5-12,20,28-29H,2-4,13-15H2,1H3,(H,32,33)/t20-/m1/s1. The molecule has 3 N–H and O–H groups in total. The lowest BCUT2D eigenvalue weighted by Gasteiger charge is -2.21. The maximum Gasteiger partial charge on any atom is 0.471 e. The summed E-state index contributed by atoms with van der Waals surface area (Å²) in [6, 6.07) is 15.0. The molecule has 0 spiro atoms. The number of alkyl halides is 3. The van der Waals surface area contributed by atoms with E-state index in [2.05, 4.69) is 32.2 Å². The summed E-state index contributed by atoms with van der Waals surface area (Å²) in [7, 11) is 0. The molecule has 2 aromatic carbocycles. The van der Waals surface area contributed by atoms with Crippen LogP contribution in [0.4, 0.5) is 18.9 Å². The summed E-state index contributed by atoms with van der Waals surface area (Å²) in [5.74, 6) is -2.30. The van der Waals surface area contributed by atoms with Gasteiger partial charge in [-0.15, -0.1) is 0 Å². The zero-order valence-corrected chi connectivity index (χ0v) is 18.7. The number of benzene rings is 2. The van der Waals surface area contributed by atoms with Crippen molar-refractivity contribution in [2.75, 3.05) is 11.9 Å². The first-order chi connectivity index (χ1) is 16.3. The Morgan fingerprint density at radius 3 is 2.41 bits per heavy atom. The van der Waals surface area contributed by atoms with E-state index in [1.54, 1.807) is 12.1 Å². The molecule has 0 amide bonds. The highest BCUT2D eigenvalue weighted by Crippen LogP contribution is 2.30. The SMILES string of the molecule is CCCC[C@@H](Nc1ccc(CNCCC(=O)O)cc1)c1ccc(-c2noc(C(F)(F)F)n2)cc1. The smallest absolute Gasteiger partial charge is 0.471 e. The fourth-order valence-electron chi connectivity index (χ4n) is 3.40. The summed E-state index contributed by atoms with van der Waals surface area (Å²) in [6.45, 7) is 3.10. The molecule has 1 aromatic heterocycles. The van der Waals surface area contributed by atoms with Gasteiger partial charge in [-0.25, -0.2) is 0 Å². The zero-order valence-electron chi connectivity index (χ0n) is 18.7. The quantitative estimate of drug-likeness (QED) is 0.290. The van der Waals surface area contributed by atoms with Crippen LogP contribution in [0.1, 0.15) is 55.7 Å². The molecule has 182 valence electrons. The third-order valence-electron chi connectivity index (χ3n) is 5.23. The predicted octanol–water partition coefficient (Wildman–Crippen LogP) is 5.66. The highest BCUT2D eigenvalue weighted by molar-refractivity contribution is 5.66. The molecule has 10 heteroatoms. The number of hydrogen-bond acceptors (Lipinski definition) is 6. The number of nitrogens with one attached hydrogen (secondary N) is 2. The second-order valence-corrected chi connectivity index (χ2v) is 7.90. The number of hydrogen-bond donors (Lipinski definition) is 3. The van der Waals surface area contributed by atoms with Gasteiger partial charge in [-0.3, -0.25) is 4.79 Å². The third-order valence-corrected chi connectivity index (χ3v) is 5.23. The fraction of sp³-hybridized carbons (Fsp3) is 0.375. The van der Waals surface area contributed by atoms with Gasteiger partial charge in [-0.1, -0.05) is 61.3 Å². The van der Waals surface area contributed by atoms with Crippen LogP contribution in [0.25, 0.3) is 11.4 Å². The normalized spacial score (nSPS) is 12.5. The topological polar surface area (TPSA) is 100 Å². The van der Waals surface area contributed by atoms with Crippen molar-refractivity contribution in [3.05, 3.63) is 65.5 Å². The van der Waals surface area contributed by atoms with Gasteiger partial charge in [0, 0.05) is 24.3 Å². The Bertz CT molecular complexity index is 1050. The maximum absolute atomic E-state index is 12.7. The maximum atomic E-state index is 12.7. The molecular formula is C24H27F3N4O3. The van der Waals surface area contributed by atoms with E-state index in [-0.39, 0.29) is 18.3 Å². The number of unbranched alkanes of at least 4 members (excludes halogenated alkanes) is 1. The summed E-state index contributed by atoms with van der Waals surface area (Å²) < 4.78 is 42.5. The zero-order chi connectivity index (χ0) is 24.6. The number of anilines is 1. The molecule has 0 bridgehead atoms. The minimum Gasteiger partial charge on any atom is -0.481 e. The molecule has 1 atom stereocenters. The molecule has 3 aromatic rings. The minimum atomic E-state index is -4.68. The lowest BCUT2D eigenvalue weighted by Crippen LogP contribution is -2.17. The van der Waals surface area contributed by atoms with E-state index in [4.69, 9.17) is 5.11 Å². The van der Waals surface area contributed by atoms with Crippen molar-refractivity contribution in [2.24, 2.45) is 0 Å². The first-order valence-corrected chi connectivity index (χ1v) is 11.1. The third kappa shape index (κ3) is 7.31. The summed E-state index contributed by atoms with van der Waals surface area (Å²) >= 11 is 0. The van der Waals surface area contributed by atoms with Crippen LogP contribution in [0.5, 0.6) is 0 Å². The molecule has 7 nitrogen and oxygen atoms in total. The number of rotatable bonds is 12. The first-order valence-electron chi connectivity index (χ1n) is 11.1. The van der Waals surface area contributed by atoms with E-state index in [0.29, 0.717) is 18.7 Å². The van der Waals surface area contributed by atoms with E-state index in [1.165, 1.54) is 0 Å². The van der Waals surface area contributed by atoms with E-state index in [9.17, 15) is 18.0 Å². The van der Waals surface area contributed by atoms with Crippen LogP contribution < -0.4 is 10.6 Å². The monoisotopic (exact) mass is 476 g/mol. The Morgan fingerprint density at radius 1 is 1.12 bits per heavy atom. The number of carbonyl (C=O) groups is 1. The van der Waals surface area contributed by atoms with Gasteiger partial charge in [-0.2, -0.15) is 18.2 Å². The van der Waals surface area contributed by atoms with Gasteiger partial charge in [0.05, 0.1) is 12.5 Å². The van der Waals surface area contributed by atoms with Crippen LogP contribution in [0.3, 0.4) is 0 Å². The predicted molar refractivity (Wildman–Crippen MR) is 121 cm³/mol. The molecule has 1 heterocycles. The van der Waals surface area contributed by atoms with Gasteiger partial charge in [0.15, 0.2) is 0 Å².